The molecule has 2 heterocycles. The number of nitrogens with zero attached hydrogens (tertiary/aromatic N) is 1. The molecule has 35 heavy (non-hydrogen) atoms. The molecule has 5 nitrogen and oxygen atoms in total. The SMILES string of the molecule is C/C(=C\c1ccc(O)cc1)CC[C@H]1OC[C@H]2C1=C(C(C)C)C[C@H]1C(=O)N(C3CCCCC3)C(=O)[C@H]12. The van der Waals surface area contributed by atoms with Gasteiger partial charge in [-0.1, -0.05) is 62.5 Å². The molecule has 0 aromatic heterocycles. The zero-order valence-corrected chi connectivity index (χ0v) is 21.3. The van der Waals surface area contributed by atoms with E-state index in [9.17, 15) is 14.7 Å². The summed E-state index contributed by atoms with van der Waals surface area (Å²) in [6.45, 7) is 7.11. The van der Waals surface area contributed by atoms with Crippen LogP contribution in [0.1, 0.15) is 77.7 Å². The van der Waals surface area contributed by atoms with Crippen molar-refractivity contribution in [3.05, 3.63) is 46.5 Å². The predicted molar refractivity (Wildman–Crippen MR) is 136 cm³/mol. The van der Waals surface area contributed by atoms with Gasteiger partial charge in [0.15, 0.2) is 0 Å². The minimum absolute atomic E-state index is 0.0214. The molecular weight excluding hydrogens is 438 g/mol. The number of likely N-dealkylation sites (tertiary alicyclic amines) is 1. The number of phenols is 1. The van der Waals surface area contributed by atoms with E-state index in [4.69, 9.17) is 4.74 Å². The standard InChI is InChI=1S/C30H39NO4/c1-18(2)23-16-24-28(30(34)31(29(24)33)21-7-5-4-6-8-21)25-17-35-26(27(23)25)14-9-19(3)15-20-10-12-22(32)13-11-20/h10-13,15,18,21,24-26,28,32H,4-9,14,16-17H2,1-3H3/b19-15+/t24-,25+,26-,28-/m1/s1. The molecule has 3 fully saturated rings. The Kier molecular flexibility index (Phi) is 6.89. The van der Waals surface area contributed by atoms with Crippen molar-refractivity contribution < 1.29 is 19.4 Å². The Hall–Kier alpha value is -2.40. The van der Waals surface area contributed by atoms with Crippen molar-refractivity contribution in [3.63, 3.8) is 0 Å². The minimum Gasteiger partial charge on any atom is -0.508 e. The summed E-state index contributed by atoms with van der Waals surface area (Å²) in [6, 6.07) is 7.35. The average molecular weight is 478 g/mol. The van der Waals surface area contributed by atoms with Gasteiger partial charge in [0.25, 0.3) is 0 Å². The van der Waals surface area contributed by atoms with Crippen molar-refractivity contribution in [2.45, 2.75) is 84.3 Å². The number of hydrogen-bond acceptors (Lipinski definition) is 4. The number of benzene rings is 1. The third kappa shape index (κ3) is 4.60. The molecule has 0 bridgehead atoms. The highest BCUT2D eigenvalue weighted by atomic mass is 16.5. The molecule has 5 rings (SSSR count). The van der Waals surface area contributed by atoms with Gasteiger partial charge in [-0.15, -0.1) is 0 Å². The van der Waals surface area contributed by atoms with Crippen LogP contribution in [0, 0.1) is 23.7 Å². The summed E-state index contributed by atoms with van der Waals surface area (Å²) < 4.78 is 6.37. The second-order valence-electron chi connectivity index (χ2n) is 11.4. The Morgan fingerprint density at radius 3 is 2.49 bits per heavy atom. The number of carbonyl (C=O) groups is 2. The normalized spacial score (nSPS) is 29.8. The first kappa shape index (κ1) is 24.3. The molecule has 0 unspecified atom stereocenters. The molecule has 1 aromatic rings. The maximum absolute atomic E-state index is 13.7. The largest absolute Gasteiger partial charge is 0.508 e. The monoisotopic (exact) mass is 477 g/mol. The Morgan fingerprint density at radius 1 is 1.09 bits per heavy atom. The number of phenolic OH excluding ortho intramolecular Hbond substituents is 1. The van der Waals surface area contributed by atoms with Gasteiger partial charge in [0, 0.05) is 12.0 Å². The first-order valence-electron chi connectivity index (χ1n) is 13.5. The van der Waals surface area contributed by atoms with Crippen molar-refractivity contribution in [1.82, 2.24) is 4.90 Å². The van der Waals surface area contributed by atoms with E-state index in [1.165, 1.54) is 23.1 Å². The number of aromatic hydroxyl groups is 1. The highest BCUT2D eigenvalue weighted by molar-refractivity contribution is 6.06. The summed E-state index contributed by atoms with van der Waals surface area (Å²) in [5.41, 5.74) is 5.01. The van der Waals surface area contributed by atoms with Crippen molar-refractivity contribution in [1.29, 1.82) is 0 Å². The number of allylic oxidation sites excluding steroid dienone is 2. The number of fused-ring (bicyclic) bond motifs is 3. The van der Waals surface area contributed by atoms with Gasteiger partial charge in [0.2, 0.25) is 11.8 Å². The Bertz CT molecular complexity index is 1030. The minimum atomic E-state index is -0.236. The lowest BCUT2D eigenvalue weighted by Gasteiger charge is -2.33. The van der Waals surface area contributed by atoms with Crippen LogP contribution in [0.25, 0.3) is 6.08 Å². The van der Waals surface area contributed by atoms with Crippen LogP contribution in [0.2, 0.25) is 0 Å². The van der Waals surface area contributed by atoms with Gasteiger partial charge in [-0.3, -0.25) is 14.5 Å². The van der Waals surface area contributed by atoms with E-state index in [-0.39, 0.29) is 47.5 Å². The number of rotatable bonds is 6. The Balaban J connectivity index is 1.34. The molecule has 4 aliphatic rings. The summed E-state index contributed by atoms with van der Waals surface area (Å²) in [6.07, 6.45) is 10.0. The third-order valence-electron chi connectivity index (χ3n) is 8.72. The molecule has 5 heteroatoms. The van der Waals surface area contributed by atoms with Crippen LogP contribution in [-0.4, -0.2) is 40.6 Å². The highest BCUT2D eigenvalue weighted by Crippen LogP contribution is 2.52. The molecule has 4 atom stereocenters. The van der Waals surface area contributed by atoms with E-state index < -0.39 is 0 Å². The molecule has 1 N–H and O–H groups in total. The zero-order valence-electron chi connectivity index (χ0n) is 21.3. The quantitative estimate of drug-likeness (QED) is 0.410. The number of ether oxygens (including phenoxy) is 1. The van der Waals surface area contributed by atoms with Crippen LogP contribution >= 0.6 is 0 Å². The number of imide groups is 1. The van der Waals surface area contributed by atoms with Crippen molar-refractivity contribution in [2.24, 2.45) is 23.7 Å². The molecule has 1 aromatic carbocycles. The summed E-state index contributed by atoms with van der Waals surface area (Å²) in [5.74, 6) is 0.385. The molecule has 2 amide bonds. The molecule has 1 saturated carbocycles. The van der Waals surface area contributed by atoms with E-state index in [2.05, 4.69) is 26.8 Å². The average Bonchev–Trinajstić information content (AvgIpc) is 3.37. The van der Waals surface area contributed by atoms with Crippen LogP contribution in [-0.2, 0) is 14.3 Å². The van der Waals surface area contributed by atoms with E-state index in [1.807, 2.05) is 12.1 Å². The number of amides is 2. The molecule has 0 spiro atoms. The van der Waals surface area contributed by atoms with Gasteiger partial charge < -0.3 is 9.84 Å². The smallest absolute Gasteiger partial charge is 0.234 e. The van der Waals surface area contributed by atoms with Crippen molar-refractivity contribution >= 4 is 17.9 Å². The van der Waals surface area contributed by atoms with E-state index in [0.717, 1.165) is 44.1 Å². The fourth-order valence-corrected chi connectivity index (χ4v) is 6.97. The second kappa shape index (κ2) is 9.93. The van der Waals surface area contributed by atoms with E-state index >= 15 is 0 Å². The van der Waals surface area contributed by atoms with Gasteiger partial charge in [-0.2, -0.15) is 0 Å². The predicted octanol–water partition coefficient (Wildman–Crippen LogP) is 5.88. The zero-order chi connectivity index (χ0) is 24.7. The van der Waals surface area contributed by atoms with Gasteiger partial charge >= 0.3 is 0 Å². The molecule has 2 aliphatic carbocycles. The lowest BCUT2D eigenvalue weighted by atomic mass is 9.67. The topological polar surface area (TPSA) is 66.8 Å². The van der Waals surface area contributed by atoms with Gasteiger partial charge in [-0.25, -0.2) is 0 Å². The van der Waals surface area contributed by atoms with Crippen LogP contribution in [0.5, 0.6) is 5.75 Å². The molecule has 2 saturated heterocycles. The summed E-state index contributed by atoms with van der Waals surface area (Å²) in [4.78, 5) is 28.9. The Morgan fingerprint density at radius 2 is 1.80 bits per heavy atom. The lowest BCUT2D eigenvalue weighted by Crippen LogP contribution is -2.42. The van der Waals surface area contributed by atoms with Crippen LogP contribution < -0.4 is 0 Å². The van der Waals surface area contributed by atoms with Gasteiger partial charge in [0.1, 0.15) is 5.75 Å². The maximum atomic E-state index is 13.7. The van der Waals surface area contributed by atoms with Gasteiger partial charge in [0.05, 0.1) is 24.5 Å². The summed E-state index contributed by atoms with van der Waals surface area (Å²) in [5, 5.41) is 9.52. The first-order valence-corrected chi connectivity index (χ1v) is 13.5. The molecular formula is C30H39NO4. The Labute approximate surface area is 209 Å². The number of hydrogen-bond donors (Lipinski definition) is 1. The molecule has 188 valence electrons. The van der Waals surface area contributed by atoms with Crippen molar-refractivity contribution in [2.75, 3.05) is 6.61 Å². The number of carbonyl (C=O) groups excluding carboxylic acids is 2. The summed E-state index contributed by atoms with van der Waals surface area (Å²) >= 11 is 0. The van der Waals surface area contributed by atoms with Crippen LogP contribution in [0.4, 0.5) is 0 Å². The fourth-order valence-electron chi connectivity index (χ4n) is 6.97. The molecule has 2 aliphatic heterocycles. The lowest BCUT2D eigenvalue weighted by molar-refractivity contribution is -0.143. The van der Waals surface area contributed by atoms with Crippen molar-refractivity contribution in [3.8, 4) is 5.75 Å². The fraction of sp³-hybridized carbons (Fsp3) is 0.600. The van der Waals surface area contributed by atoms with E-state index in [0.29, 0.717) is 18.9 Å². The van der Waals surface area contributed by atoms with Crippen LogP contribution in [0.3, 0.4) is 0 Å². The first-order chi connectivity index (χ1) is 16.8. The second-order valence-corrected chi connectivity index (χ2v) is 11.4. The van der Waals surface area contributed by atoms with Gasteiger partial charge in [-0.05, 0) is 68.2 Å². The van der Waals surface area contributed by atoms with Crippen LogP contribution in [0.15, 0.2) is 41.0 Å². The van der Waals surface area contributed by atoms with E-state index in [1.54, 1.807) is 17.0 Å². The maximum Gasteiger partial charge on any atom is 0.234 e. The third-order valence-corrected chi connectivity index (χ3v) is 8.72. The molecule has 0 radical (unpaired) electrons. The summed E-state index contributed by atoms with van der Waals surface area (Å²) in [7, 11) is 0. The highest BCUT2D eigenvalue weighted by Gasteiger charge is 2.58.